The van der Waals surface area contributed by atoms with Gasteiger partial charge in [-0.2, -0.15) is 0 Å². The molecule has 0 saturated carbocycles. The van der Waals surface area contributed by atoms with Gasteiger partial charge in [0.25, 0.3) is 0 Å². The van der Waals surface area contributed by atoms with E-state index in [1.807, 2.05) is 15.7 Å². The SMILES string of the molecule is B[C@@H]1OCC(OP(=O)(OC)OC2C(OC)CO[C@H]2B)C1OC. The van der Waals surface area contributed by atoms with E-state index in [1.54, 1.807) is 14.2 Å². The first-order chi connectivity index (χ1) is 10.4. The van der Waals surface area contributed by atoms with Crippen molar-refractivity contribution in [2.45, 2.75) is 36.4 Å². The smallest absolute Gasteiger partial charge is 0.382 e. The molecule has 0 aromatic carbocycles. The highest BCUT2D eigenvalue weighted by atomic mass is 31.2. The highest BCUT2D eigenvalue weighted by Crippen LogP contribution is 2.53. The maximum atomic E-state index is 12.8. The first kappa shape index (κ1) is 18.4. The monoisotopic (exact) mass is 336 g/mol. The maximum absolute atomic E-state index is 12.8. The van der Waals surface area contributed by atoms with Crippen molar-refractivity contribution >= 4 is 23.5 Å². The second-order valence-electron chi connectivity index (χ2n) is 5.40. The van der Waals surface area contributed by atoms with E-state index in [0.717, 1.165) is 0 Å². The summed E-state index contributed by atoms with van der Waals surface area (Å²) in [4.78, 5) is 0. The van der Waals surface area contributed by atoms with Crippen LogP contribution in [-0.2, 0) is 37.1 Å². The normalized spacial score (nSPS) is 41.6. The summed E-state index contributed by atoms with van der Waals surface area (Å²) in [5.74, 6) is 0. The minimum absolute atomic E-state index is 0.152. The zero-order valence-electron chi connectivity index (χ0n) is 13.6. The molecule has 2 saturated heterocycles. The lowest BCUT2D eigenvalue weighted by molar-refractivity contribution is -0.0239. The van der Waals surface area contributed by atoms with Crippen LogP contribution in [0.5, 0.6) is 0 Å². The molecule has 0 N–H and O–H groups in total. The highest BCUT2D eigenvalue weighted by Gasteiger charge is 2.46. The lowest BCUT2D eigenvalue weighted by atomic mass is 9.94. The molecule has 2 heterocycles. The van der Waals surface area contributed by atoms with Crippen molar-refractivity contribution in [2.75, 3.05) is 34.5 Å². The van der Waals surface area contributed by atoms with Gasteiger partial charge in [0.1, 0.15) is 40.1 Å². The first-order valence-electron chi connectivity index (χ1n) is 7.25. The molecule has 5 unspecified atom stereocenters. The van der Waals surface area contributed by atoms with Crippen molar-refractivity contribution in [1.82, 2.24) is 0 Å². The van der Waals surface area contributed by atoms with Crippen molar-refractivity contribution in [1.29, 1.82) is 0 Å². The van der Waals surface area contributed by atoms with Crippen LogP contribution < -0.4 is 0 Å². The average Bonchev–Trinajstić information content (AvgIpc) is 3.02. The van der Waals surface area contributed by atoms with E-state index in [0.29, 0.717) is 6.61 Å². The number of methoxy groups -OCH3 is 2. The van der Waals surface area contributed by atoms with Crippen LogP contribution in [0, 0.1) is 0 Å². The van der Waals surface area contributed by atoms with E-state index < -0.39 is 20.0 Å². The molecule has 22 heavy (non-hydrogen) atoms. The van der Waals surface area contributed by atoms with Crippen molar-refractivity contribution in [3.8, 4) is 0 Å². The van der Waals surface area contributed by atoms with Crippen LogP contribution in [0.2, 0.25) is 0 Å². The summed E-state index contributed by atoms with van der Waals surface area (Å²) >= 11 is 0. The van der Waals surface area contributed by atoms with Gasteiger partial charge >= 0.3 is 7.82 Å². The average molecular weight is 336 g/mol. The van der Waals surface area contributed by atoms with Crippen molar-refractivity contribution < 1.29 is 37.1 Å². The van der Waals surface area contributed by atoms with Gasteiger partial charge in [0.2, 0.25) is 0 Å². The third-order valence-electron chi connectivity index (χ3n) is 4.02. The number of phosphoric acid groups is 1. The lowest BCUT2D eigenvalue weighted by Crippen LogP contribution is -2.37. The quantitative estimate of drug-likeness (QED) is 0.411. The molecule has 0 aliphatic carbocycles. The third-order valence-corrected chi connectivity index (χ3v) is 5.50. The lowest BCUT2D eigenvalue weighted by Gasteiger charge is -2.28. The maximum Gasteiger partial charge on any atom is 0.475 e. The summed E-state index contributed by atoms with van der Waals surface area (Å²) in [6.45, 7) is 0.636. The summed E-state index contributed by atoms with van der Waals surface area (Å²) in [5, 5.41) is 0. The minimum Gasteiger partial charge on any atom is -0.382 e. The molecule has 0 bridgehead atoms. The van der Waals surface area contributed by atoms with Crippen LogP contribution in [0.25, 0.3) is 0 Å². The van der Waals surface area contributed by atoms with E-state index in [1.165, 1.54) is 7.11 Å². The molecule has 0 radical (unpaired) electrons. The molecular weight excluding hydrogens is 313 g/mol. The summed E-state index contributed by atoms with van der Waals surface area (Å²) in [5.41, 5.74) is 0. The van der Waals surface area contributed by atoms with E-state index in [-0.39, 0.29) is 30.8 Å². The molecule has 2 rings (SSSR count). The first-order valence-corrected chi connectivity index (χ1v) is 8.71. The molecule has 7 atom stereocenters. The van der Waals surface area contributed by atoms with Gasteiger partial charge in [0.15, 0.2) is 0 Å². The van der Waals surface area contributed by atoms with Gasteiger partial charge in [-0.3, -0.25) is 13.6 Å². The summed E-state index contributed by atoms with van der Waals surface area (Å²) < 4.78 is 50.5. The van der Waals surface area contributed by atoms with Crippen LogP contribution in [0.3, 0.4) is 0 Å². The predicted octanol–water partition coefficient (Wildman–Crippen LogP) is -1.48. The number of phosphoric ester groups is 1. The fourth-order valence-corrected chi connectivity index (χ4v) is 4.03. The van der Waals surface area contributed by atoms with Crippen molar-refractivity contribution in [3.05, 3.63) is 0 Å². The standard InChI is InChI=1S/C11H23B2O8P/c1-15-6-4-18-11(13)9(6)21-22(14,17-3)20-7-5-19-10(12)8(7)16-2/h6-11H,4-5,12-13H2,1-3H3/t6?,7?,8?,9?,10-,11-,22?/m1/s1. The van der Waals surface area contributed by atoms with Crippen molar-refractivity contribution in [3.63, 3.8) is 0 Å². The Morgan fingerprint density at radius 3 is 2.05 bits per heavy atom. The second kappa shape index (κ2) is 7.77. The van der Waals surface area contributed by atoms with Gasteiger partial charge < -0.3 is 18.9 Å². The molecule has 0 aromatic rings. The van der Waals surface area contributed by atoms with Gasteiger partial charge in [-0.25, -0.2) is 4.57 Å². The molecule has 8 nitrogen and oxygen atoms in total. The van der Waals surface area contributed by atoms with E-state index in [2.05, 4.69) is 0 Å². The van der Waals surface area contributed by atoms with Crippen LogP contribution in [0.15, 0.2) is 0 Å². The van der Waals surface area contributed by atoms with Crippen LogP contribution in [0.1, 0.15) is 0 Å². The van der Waals surface area contributed by atoms with Gasteiger partial charge in [-0.1, -0.05) is 0 Å². The zero-order valence-corrected chi connectivity index (χ0v) is 14.5. The van der Waals surface area contributed by atoms with Crippen LogP contribution in [-0.4, -0.2) is 86.7 Å². The van der Waals surface area contributed by atoms with Gasteiger partial charge in [0.05, 0.1) is 25.2 Å². The highest BCUT2D eigenvalue weighted by molar-refractivity contribution is 7.48. The molecule has 2 aliphatic rings. The summed E-state index contributed by atoms with van der Waals surface area (Å²) in [6.07, 6.45) is -1.71. The fraction of sp³-hybridized carbons (Fsp3) is 1.00. The molecule has 0 aromatic heterocycles. The molecule has 0 amide bonds. The summed E-state index contributed by atoms with van der Waals surface area (Å²) in [6, 6.07) is -0.422. The minimum atomic E-state index is -3.78. The van der Waals surface area contributed by atoms with Crippen molar-refractivity contribution in [2.24, 2.45) is 0 Å². The Kier molecular flexibility index (Phi) is 6.50. The Hall–Kier alpha value is 0.0799. The van der Waals surface area contributed by atoms with Crippen LogP contribution in [0.4, 0.5) is 0 Å². The molecule has 2 aliphatic heterocycles. The predicted molar refractivity (Wildman–Crippen MR) is 82.5 cm³/mol. The van der Waals surface area contributed by atoms with Gasteiger partial charge in [-0.15, -0.1) is 0 Å². The number of hydrogen-bond donors (Lipinski definition) is 0. The Labute approximate surface area is 132 Å². The summed E-state index contributed by atoms with van der Waals surface area (Å²) in [7, 11) is 4.29. The van der Waals surface area contributed by atoms with Gasteiger partial charge in [-0.05, 0) is 0 Å². The Balaban J connectivity index is 2.04. The molecular formula is C11H23B2O8P. The van der Waals surface area contributed by atoms with Crippen LogP contribution >= 0.6 is 7.82 Å². The molecule has 126 valence electrons. The van der Waals surface area contributed by atoms with E-state index in [9.17, 15) is 4.57 Å². The molecule has 2 fully saturated rings. The van der Waals surface area contributed by atoms with Gasteiger partial charge in [0, 0.05) is 21.3 Å². The van der Waals surface area contributed by atoms with E-state index in [4.69, 9.17) is 32.5 Å². The number of hydrogen-bond acceptors (Lipinski definition) is 8. The third kappa shape index (κ3) is 3.94. The Bertz CT molecular complexity index is 414. The second-order valence-corrected chi connectivity index (χ2v) is 7.08. The fourth-order valence-electron chi connectivity index (χ4n) is 2.69. The largest absolute Gasteiger partial charge is 0.475 e. The Morgan fingerprint density at radius 1 is 0.909 bits per heavy atom. The van der Waals surface area contributed by atoms with E-state index >= 15 is 0 Å². The zero-order chi connectivity index (χ0) is 16.3. The molecule has 0 spiro atoms. The molecule has 11 heteroatoms. The number of ether oxygens (including phenoxy) is 4. The number of rotatable bonds is 7. The Morgan fingerprint density at radius 2 is 1.50 bits per heavy atom. The topological polar surface area (TPSA) is 81.7 Å².